The fourth-order valence-electron chi connectivity index (χ4n) is 3.44. The van der Waals surface area contributed by atoms with Crippen LogP contribution in [0.5, 0.6) is 0 Å². The van der Waals surface area contributed by atoms with Crippen LogP contribution in [0.3, 0.4) is 0 Å². The van der Waals surface area contributed by atoms with Gasteiger partial charge in [-0.05, 0) is 37.3 Å². The Morgan fingerprint density at radius 1 is 1.07 bits per heavy atom. The lowest BCUT2D eigenvalue weighted by atomic mass is 10.1. The molecule has 3 aromatic rings. The van der Waals surface area contributed by atoms with E-state index in [0.29, 0.717) is 48.6 Å². The summed E-state index contributed by atoms with van der Waals surface area (Å²) >= 11 is 0. The molecule has 1 aliphatic heterocycles. The van der Waals surface area contributed by atoms with Gasteiger partial charge in [0.25, 0.3) is 5.91 Å². The van der Waals surface area contributed by atoms with Crippen LogP contribution >= 0.6 is 0 Å². The van der Waals surface area contributed by atoms with E-state index in [9.17, 15) is 18.0 Å². The Hall–Kier alpha value is -3.03. The number of aromatic nitrogens is 1. The largest absolute Gasteiger partial charge is 0.456 e. The van der Waals surface area contributed by atoms with E-state index in [4.69, 9.17) is 4.42 Å². The van der Waals surface area contributed by atoms with Gasteiger partial charge in [0.15, 0.2) is 5.76 Å². The smallest absolute Gasteiger partial charge is 0.416 e. The highest BCUT2D eigenvalue weighted by molar-refractivity contribution is 5.93. The van der Waals surface area contributed by atoms with Gasteiger partial charge < -0.3 is 14.2 Å². The van der Waals surface area contributed by atoms with Crippen LogP contribution in [0.4, 0.5) is 18.9 Å². The van der Waals surface area contributed by atoms with Crippen LogP contribution in [-0.4, -0.2) is 42.0 Å². The van der Waals surface area contributed by atoms with Crippen molar-refractivity contribution in [3.8, 4) is 0 Å². The minimum atomic E-state index is -4.40. The molecule has 3 heterocycles. The number of fused-ring (bicyclic) bond motifs is 1. The zero-order valence-electron chi connectivity index (χ0n) is 15.2. The van der Waals surface area contributed by atoms with Gasteiger partial charge >= 0.3 is 6.18 Å². The van der Waals surface area contributed by atoms with E-state index in [1.165, 1.54) is 12.3 Å². The molecular weight excluding hydrogens is 371 g/mol. The van der Waals surface area contributed by atoms with Crippen molar-refractivity contribution in [2.24, 2.45) is 0 Å². The number of benzene rings is 1. The van der Waals surface area contributed by atoms with Crippen LogP contribution in [0.25, 0.3) is 10.9 Å². The number of alkyl halides is 3. The first-order valence-corrected chi connectivity index (χ1v) is 8.89. The summed E-state index contributed by atoms with van der Waals surface area (Å²) in [6, 6.07) is 8.82. The van der Waals surface area contributed by atoms with Gasteiger partial charge in [-0.3, -0.25) is 9.78 Å². The summed E-state index contributed by atoms with van der Waals surface area (Å²) < 4.78 is 44.2. The average Bonchev–Trinajstić information content (AvgIpc) is 3.12. The quantitative estimate of drug-likeness (QED) is 0.662. The second kappa shape index (κ2) is 6.85. The first kappa shape index (κ1) is 18.3. The van der Waals surface area contributed by atoms with E-state index in [-0.39, 0.29) is 5.91 Å². The van der Waals surface area contributed by atoms with E-state index in [2.05, 4.69) is 9.88 Å². The lowest BCUT2D eigenvalue weighted by Gasteiger charge is -2.36. The summed E-state index contributed by atoms with van der Waals surface area (Å²) in [5.74, 6) is 0.852. The molecule has 0 bridgehead atoms. The molecule has 0 atom stereocenters. The molecule has 1 aliphatic rings. The number of anilines is 1. The van der Waals surface area contributed by atoms with Crippen molar-refractivity contribution >= 4 is 22.5 Å². The normalized spacial score (nSPS) is 15.3. The standard InChI is InChI=1S/C20H18F3N3O2/c1-13-2-5-18(28-13)19(27)26-10-8-25(9-11-26)17-6-7-24-16-12-14(20(21,22)23)3-4-15(16)17/h2-7,12H,8-11H2,1H3. The van der Waals surface area contributed by atoms with Crippen molar-refractivity contribution < 1.29 is 22.4 Å². The van der Waals surface area contributed by atoms with Crippen LogP contribution in [0.15, 0.2) is 47.0 Å². The fraction of sp³-hybridized carbons (Fsp3) is 0.300. The van der Waals surface area contributed by atoms with Crippen molar-refractivity contribution in [3.05, 3.63) is 59.7 Å². The number of halogens is 3. The van der Waals surface area contributed by atoms with Crippen molar-refractivity contribution in [2.75, 3.05) is 31.1 Å². The van der Waals surface area contributed by atoms with Crippen molar-refractivity contribution in [1.29, 1.82) is 0 Å². The zero-order chi connectivity index (χ0) is 19.9. The highest BCUT2D eigenvalue weighted by Crippen LogP contribution is 2.33. The molecule has 5 nitrogen and oxygen atoms in total. The summed E-state index contributed by atoms with van der Waals surface area (Å²) in [6.45, 7) is 3.94. The third-order valence-corrected chi connectivity index (χ3v) is 4.91. The zero-order valence-corrected chi connectivity index (χ0v) is 15.2. The maximum atomic E-state index is 12.9. The number of aryl methyl sites for hydroxylation is 1. The van der Waals surface area contributed by atoms with Crippen molar-refractivity contribution in [1.82, 2.24) is 9.88 Å². The molecule has 1 aromatic carbocycles. The Labute approximate surface area is 159 Å². The highest BCUT2D eigenvalue weighted by atomic mass is 19.4. The van der Waals surface area contributed by atoms with Crippen LogP contribution < -0.4 is 4.90 Å². The fourth-order valence-corrected chi connectivity index (χ4v) is 3.44. The molecule has 8 heteroatoms. The number of piperazine rings is 1. The lowest BCUT2D eigenvalue weighted by molar-refractivity contribution is -0.137. The predicted octanol–water partition coefficient (Wildman–Crippen LogP) is 4.12. The molecule has 1 amide bonds. The van der Waals surface area contributed by atoms with Crippen LogP contribution in [0.1, 0.15) is 21.9 Å². The molecule has 0 unspecified atom stereocenters. The Morgan fingerprint density at radius 3 is 2.46 bits per heavy atom. The van der Waals surface area contributed by atoms with Gasteiger partial charge in [0.2, 0.25) is 0 Å². The van der Waals surface area contributed by atoms with Crippen LogP contribution in [0.2, 0.25) is 0 Å². The van der Waals surface area contributed by atoms with Gasteiger partial charge in [-0.1, -0.05) is 6.07 Å². The number of pyridine rings is 1. The Bertz CT molecular complexity index is 1020. The van der Waals surface area contributed by atoms with E-state index in [0.717, 1.165) is 17.8 Å². The number of amides is 1. The second-order valence-electron chi connectivity index (χ2n) is 6.75. The second-order valence-corrected chi connectivity index (χ2v) is 6.75. The topological polar surface area (TPSA) is 49.6 Å². The number of furan rings is 1. The monoisotopic (exact) mass is 389 g/mol. The molecule has 1 saturated heterocycles. The molecule has 0 spiro atoms. The van der Waals surface area contributed by atoms with Gasteiger partial charge in [-0.2, -0.15) is 13.2 Å². The summed E-state index contributed by atoms with van der Waals surface area (Å²) in [7, 11) is 0. The molecule has 0 saturated carbocycles. The summed E-state index contributed by atoms with van der Waals surface area (Å²) in [4.78, 5) is 20.4. The average molecular weight is 389 g/mol. The maximum Gasteiger partial charge on any atom is 0.416 e. The molecule has 28 heavy (non-hydrogen) atoms. The first-order valence-electron chi connectivity index (χ1n) is 8.89. The van der Waals surface area contributed by atoms with E-state index >= 15 is 0 Å². The van der Waals surface area contributed by atoms with Gasteiger partial charge in [0.05, 0.1) is 11.1 Å². The molecular formula is C20H18F3N3O2. The Balaban J connectivity index is 1.53. The summed E-state index contributed by atoms with van der Waals surface area (Å²) in [6.07, 6.45) is -2.89. The summed E-state index contributed by atoms with van der Waals surface area (Å²) in [5, 5.41) is 0.664. The van der Waals surface area contributed by atoms with Gasteiger partial charge in [0, 0.05) is 43.4 Å². The van der Waals surface area contributed by atoms with E-state index < -0.39 is 11.7 Å². The summed E-state index contributed by atoms with van der Waals surface area (Å²) in [5.41, 5.74) is 0.408. The van der Waals surface area contributed by atoms with E-state index in [1.807, 2.05) is 0 Å². The van der Waals surface area contributed by atoms with Crippen LogP contribution in [-0.2, 0) is 6.18 Å². The SMILES string of the molecule is Cc1ccc(C(=O)N2CCN(c3ccnc4cc(C(F)(F)F)ccc34)CC2)o1. The Morgan fingerprint density at radius 2 is 1.82 bits per heavy atom. The lowest BCUT2D eigenvalue weighted by Crippen LogP contribution is -2.48. The maximum absolute atomic E-state index is 12.9. The number of nitrogens with zero attached hydrogens (tertiary/aromatic N) is 3. The third-order valence-electron chi connectivity index (χ3n) is 4.91. The van der Waals surface area contributed by atoms with E-state index in [1.54, 1.807) is 30.0 Å². The molecule has 146 valence electrons. The number of carbonyl (C=O) groups excluding carboxylic acids is 1. The number of carbonyl (C=O) groups is 1. The first-order chi connectivity index (χ1) is 13.3. The molecule has 1 fully saturated rings. The van der Waals surface area contributed by atoms with Crippen LogP contribution in [0, 0.1) is 6.92 Å². The van der Waals surface area contributed by atoms with Gasteiger partial charge in [-0.25, -0.2) is 0 Å². The third kappa shape index (κ3) is 3.42. The molecule has 4 rings (SSSR count). The highest BCUT2D eigenvalue weighted by Gasteiger charge is 2.31. The van der Waals surface area contributed by atoms with Gasteiger partial charge in [-0.15, -0.1) is 0 Å². The minimum absolute atomic E-state index is 0.151. The Kier molecular flexibility index (Phi) is 4.49. The van der Waals surface area contributed by atoms with Crippen molar-refractivity contribution in [3.63, 3.8) is 0 Å². The molecule has 0 N–H and O–H groups in total. The molecule has 0 radical (unpaired) electrons. The minimum Gasteiger partial charge on any atom is -0.456 e. The predicted molar refractivity (Wildman–Crippen MR) is 98.3 cm³/mol. The number of rotatable bonds is 2. The molecule has 2 aromatic heterocycles. The van der Waals surface area contributed by atoms with Gasteiger partial charge in [0.1, 0.15) is 5.76 Å². The number of hydrogen-bond donors (Lipinski definition) is 0. The number of hydrogen-bond acceptors (Lipinski definition) is 4. The van der Waals surface area contributed by atoms with Crippen molar-refractivity contribution in [2.45, 2.75) is 13.1 Å². The molecule has 0 aliphatic carbocycles.